The third-order valence-electron chi connectivity index (χ3n) is 2.42. The topological polar surface area (TPSA) is 83.8 Å². The van der Waals surface area contributed by atoms with Crippen LogP contribution in [-0.4, -0.2) is 21.9 Å². The van der Waals surface area contributed by atoms with Crippen molar-refractivity contribution < 1.29 is 4.79 Å². The Hall–Kier alpha value is -1.59. The molecule has 4 N–H and O–H groups in total. The molecule has 2 rings (SSSR count). The van der Waals surface area contributed by atoms with Crippen LogP contribution in [0.2, 0.25) is 5.02 Å². The standard InChI is InChI=1S/C11H13ClN4O/c1-6(13)11(17)16-4-7-2-8-9(12)5-15-10(8)14-3-7/h2-3,5-6H,4,13H2,1H3,(H,14,15)(H,16,17)/t6-/m0/s1. The van der Waals surface area contributed by atoms with Crippen molar-refractivity contribution in [2.24, 2.45) is 5.73 Å². The molecule has 0 aliphatic rings. The first-order chi connectivity index (χ1) is 8.08. The second-order valence-corrected chi connectivity index (χ2v) is 4.29. The van der Waals surface area contributed by atoms with E-state index < -0.39 is 6.04 Å². The molecule has 0 saturated heterocycles. The number of aromatic amines is 1. The molecular weight excluding hydrogens is 240 g/mol. The summed E-state index contributed by atoms with van der Waals surface area (Å²) in [5.74, 6) is -0.190. The zero-order valence-electron chi connectivity index (χ0n) is 9.33. The van der Waals surface area contributed by atoms with Crippen LogP contribution in [0.3, 0.4) is 0 Å². The van der Waals surface area contributed by atoms with Gasteiger partial charge in [-0.2, -0.15) is 0 Å². The molecule has 5 nitrogen and oxygen atoms in total. The Kier molecular flexibility index (Phi) is 3.31. The Morgan fingerprint density at radius 3 is 3.18 bits per heavy atom. The first-order valence-electron chi connectivity index (χ1n) is 5.22. The van der Waals surface area contributed by atoms with E-state index in [-0.39, 0.29) is 5.91 Å². The summed E-state index contributed by atoms with van der Waals surface area (Å²) in [6, 6.07) is 1.38. The van der Waals surface area contributed by atoms with E-state index >= 15 is 0 Å². The van der Waals surface area contributed by atoms with Crippen molar-refractivity contribution >= 4 is 28.5 Å². The largest absolute Gasteiger partial charge is 0.351 e. The quantitative estimate of drug-likeness (QED) is 0.767. The van der Waals surface area contributed by atoms with Crippen LogP contribution in [0.15, 0.2) is 18.5 Å². The van der Waals surface area contributed by atoms with E-state index in [9.17, 15) is 4.79 Å². The van der Waals surface area contributed by atoms with Gasteiger partial charge in [-0.05, 0) is 18.6 Å². The summed E-state index contributed by atoms with van der Waals surface area (Å²) in [5, 5.41) is 4.18. The van der Waals surface area contributed by atoms with E-state index in [1.807, 2.05) is 6.07 Å². The summed E-state index contributed by atoms with van der Waals surface area (Å²) in [5.41, 5.74) is 7.06. The highest BCUT2D eigenvalue weighted by Crippen LogP contribution is 2.21. The number of nitrogens with two attached hydrogens (primary N) is 1. The van der Waals surface area contributed by atoms with Crippen LogP contribution in [0.5, 0.6) is 0 Å². The molecule has 0 aliphatic heterocycles. The number of nitrogens with one attached hydrogen (secondary N) is 2. The van der Waals surface area contributed by atoms with Crippen molar-refractivity contribution in [3.63, 3.8) is 0 Å². The number of carbonyl (C=O) groups excluding carboxylic acids is 1. The van der Waals surface area contributed by atoms with E-state index in [2.05, 4.69) is 15.3 Å². The summed E-state index contributed by atoms with van der Waals surface area (Å²) in [6.45, 7) is 2.03. The number of carbonyl (C=O) groups is 1. The molecule has 0 fully saturated rings. The van der Waals surface area contributed by atoms with Crippen LogP contribution < -0.4 is 11.1 Å². The molecule has 0 spiro atoms. The van der Waals surface area contributed by atoms with E-state index in [4.69, 9.17) is 17.3 Å². The molecule has 2 aromatic heterocycles. The van der Waals surface area contributed by atoms with Gasteiger partial charge < -0.3 is 16.0 Å². The maximum atomic E-state index is 11.3. The maximum absolute atomic E-state index is 11.3. The van der Waals surface area contributed by atoms with Crippen molar-refractivity contribution in [2.45, 2.75) is 19.5 Å². The Morgan fingerprint density at radius 2 is 2.47 bits per heavy atom. The predicted octanol–water partition coefficient (Wildman–Crippen LogP) is 1.18. The van der Waals surface area contributed by atoms with Crippen LogP contribution >= 0.6 is 11.6 Å². The average molecular weight is 253 g/mol. The number of hydrogen-bond donors (Lipinski definition) is 3. The van der Waals surface area contributed by atoms with Crippen LogP contribution in [0, 0.1) is 0 Å². The van der Waals surface area contributed by atoms with E-state index in [0.29, 0.717) is 11.6 Å². The molecule has 0 bridgehead atoms. The molecule has 2 heterocycles. The second kappa shape index (κ2) is 4.73. The van der Waals surface area contributed by atoms with Gasteiger partial charge in [0, 0.05) is 24.3 Å². The highest BCUT2D eigenvalue weighted by molar-refractivity contribution is 6.35. The number of rotatable bonds is 3. The number of amides is 1. The van der Waals surface area contributed by atoms with Crippen LogP contribution in [0.1, 0.15) is 12.5 Å². The van der Waals surface area contributed by atoms with E-state index in [1.54, 1.807) is 19.3 Å². The number of nitrogens with zero attached hydrogens (tertiary/aromatic N) is 1. The van der Waals surface area contributed by atoms with Gasteiger partial charge in [-0.3, -0.25) is 4.79 Å². The van der Waals surface area contributed by atoms with Gasteiger partial charge in [-0.1, -0.05) is 11.6 Å². The molecular formula is C11H13ClN4O. The van der Waals surface area contributed by atoms with Crippen molar-refractivity contribution in [3.05, 3.63) is 29.0 Å². The highest BCUT2D eigenvalue weighted by Gasteiger charge is 2.08. The molecule has 90 valence electrons. The Bertz CT molecular complexity index is 549. The molecule has 1 amide bonds. The average Bonchev–Trinajstić information content (AvgIpc) is 2.68. The van der Waals surface area contributed by atoms with E-state index in [0.717, 1.165) is 16.6 Å². The van der Waals surface area contributed by atoms with Crippen molar-refractivity contribution in [1.29, 1.82) is 0 Å². The minimum Gasteiger partial charge on any atom is -0.351 e. The minimum absolute atomic E-state index is 0.190. The number of halogens is 1. The van der Waals surface area contributed by atoms with E-state index in [1.165, 1.54) is 0 Å². The van der Waals surface area contributed by atoms with Gasteiger partial charge in [0.1, 0.15) is 5.65 Å². The van der Waals surface area contributed by atoms with Gasteiger partial charge in [-0.15, -0.1) is 0 Å². The monoisotopic (exact) mass is 252 g/mol. The zero-order valence-corrected chi connectivity index (χ0v) is 10.1. The van der Waals surface area contributed by atoms with Crippen molar-refractivity contribution in [1.82, 2.24) is 15.3 Å². The molecule has 17 heavy (non-hydrogen) atoms. The molecule has 0 aromatic carbocycles. The molecule has 0 radical (unpaired) electrons. The second-order valence-electron chi connectivity index (χ2n) is 3.88. The first kappa shape index (κ1) is 11.9. The fourth-order valence-electron chi connectivity index (χ4n) is 1.46. The first-order valence-corrected chi connectivity index (χ1v) is 5.60. The molecule has 0 aliphatic carbocycles. The number of pyridine rings is 1. The van der Waals surface area contributed by atoms with Crippen LogP contribution in [-0.2, 0) is 11.3 Å². The van der Waals surface area contributed by atoms with Gasteiger partial charge in [0.15, 0.2) is 0 Å². The molecule has 1 atom stereocenters. The lowest BCUT2D eigenvalue weighted by Gasteiger charge is -2.07. The number of aromatic nitrogens is 2. The number of fused-ring (bicyclic) bond motifs is 1. The molecule has 2 aromatic rings. The summed E-state index contributed by atoms with van der Waals surface area (Å²) in [7, 11) is 0. The molecule has 6 heteroatoms. The lowest BCUT2D eigenvalue weighted by Crippen LogP contribution is -2.37. The third kappa shape index (κ3) is 2.57. The van der Waals surface area contributed by atoms with Crippen LogP contribution in [0.25, 0.3) is 11.0 Å². The lowest BCUT2D eigenvalue weighted by atomic mass is 10.2. The summed E-state index contributed by atoms with van der Waals surface area (Å²) >= 11 is 5.98. The zero-order chi connectivity index (χ0) is 12.4. The van der Waals surface area contributed by atoms with Gasteiger partial charge in [0.05, 0.1) is 11.1 Å². The smallest absolute Gasteiger partial charge is 0.236 e. The maximum Gasteiger partial charge on any atom is 0.236 e. The summed E-state index contributed by atoms with van der Waals surface area (Å²) < 4.78 is 0. The fraction of sp³-hybridized carbons (Fsp3) is 0.273. The normalized spacial score (nSPS) is 12.6. The number of hydrogen-bond acceptors (Lipinski definition) is 3. The summed E-state index contributed by atoms with van der Waals surface area (Å²) in [4.78, 5) is 18.5. The van der Waals surface area contributed by atoms with Gasteiger partial charge in [-0.25, -0.2) is 4.98 Å². The minimum atomic E-state index is -0.512. The Balaban J connectivity index is 2.14. The van der Waals surface area contributed by atoms with Gasteiger partial charge in [0.2, 0.25) is 5.91 Å². The summed E-state index contributed by atoms with van der Waals surface area (Å²) in [6.07, 6.45) is 3.38. The van der Waals surface area contributed by atoms with Crippen molar-refractivity contribution in [2.75, 3.05) is 0 Å². The number of H-pyrrole nitrogens is 1. The highest BCUT2D eigenvalue weighted by atomic mass is 35.5. The Labute approximate surface area is 103 Å². The third-order valence-corrected chi connectivity index (χ3v) is 2.73. The molecule has 0 unspecified atom stereocenters. The van der Waals surface area contributed by atoms with Crippen molar-refractivity contribution in [3.8, 4) is 0 Å². The fourth-order valence-corrected chi connectivity index (χ4v) is 1.66. The van der Waals surface area contributed by atoms with Crippen LogP contribution in [0.4, 0.5) is 0 Å². The van der Waals surface area contributed by atoms with Gasteiger partial charge >= 0.3 is 0 Å². The Morgan fingerprint density at radius 1 is 1.71 bits per heavy atom. The predicted molar refractivity (Wildman–Crippen MR) is 66.6 cm³/mol. The van der Waals surface area contributed by atoms with Gasteiger partial charge in [0.25, 0.3) is 0 Å². The SMILES string of the molecule is C[C@H](N)C(=O)NCc1cnc2[nH]cc(Cl)c2c1. The molecule has 0 saturated carbocycles. The lowest BCUT2D eigenvalue weighted by molar-refractivity contribution is -0.122.